The van der Waals surface area contributed by atoms with Crippen molar-refractivity contribution < 1.29 is 0 Å². The van der Waals surface area contributed by atoms with E-state index in [1.165, 1.54) is 0 Å². The monoisotopic (exact) mass is 279 g/mol. The molecule has 0 amide bonds. The van der Waals surface area contributed by atoms with Crippen LogP contribution < -0.4 is 0 Å². The third-order valence-electron chi connectivity index (χ3n) is 2.09. The molecular weight excluding hydrogens is 274 g/mol. The number of thiazole rings is 1. The number of fused-ring (bicyclic) bond motifs is 1. The van der Waals surface area contributed by atoms with E-state index in [-0.39, 0.29) is 0 Å². The third kappa shape index (κ3) is 1.48. The normalized spacial score (nSPS) is 11.0. The van der Waals surface area contributed by atoms with Gasteiger partial charge in [0.1, 0.15) is 10.7 Å². The van der Waals surface area contributed by atoms with Crippen LogP contribution in [0.25, 0.3) is 16.3 Å². The number of rotatable bonds is 1. The maximum Gasteiger partial charge on any atom is 0.151 e. The molecule has 0 atom stereocenters. The molecule has 74 valence electrons. The van der Waals surface area contributed by atoms with Gasteiger partial charge < -0.3 is 4.40 Å². The highest BCUT2D eigenvalue weighted by Crippen LogP contribution is 2.24. The molecule has 15 heavy (non-hydrogen) atoms. The van der Waals surface area contributed by atoms with Crippen LogP contribution in [0.1, 0.15) is 0 Å². The van der Waals surface area contributed by atoms with Crippen LogP contribution in [-0.4, -0.2) is 14.4 Å². The molecule has 0 bridgehead atoms. The van der Waals surface area contributed by atoms with Gasteiger partial charge in [-0.2, -0.15) is 0 Å². The zero-order valence-electron chi connectivity index (χ0n) is 7.59. The fraction of sp³-hybridized carbons (Fsp3) is 0. The molecule has 0 saturated carbocycles. The molecular formula is C10H6BrN3S. The molecule has 0 aromatic carbocycles. The van der Waals surface area contributed by atoms with E-state index in [1.807, 2.05) is 34.3 Å². The second kappa shape index (κ2) is 3.43. The molecule has 3 aromatic heterocycles. The topological polar surface area (TPSA) is 30.2 Å². The predicted molar refractivity (Wildman–Crippen MR) is 64.0 cm³/mol. The van der Waals surface area contributed by atoms with Crippen molar-refractivity contribution >= 4 is 32.9 Å². The molecule has 0 spiro atoms. The quantitative estimate of drug-likeness (QED) is 0.685. The summed E-state index contributed by atoms with van der Waals surface area (Å²) in [6.07, 6.45) is 5.75. The van der Waals surface area contributed by atoms with E-state index in [4.69, 9.17) is 0 Å². The number of nitrogens with zero attached hydrogens (tertiary/aromatic N) is 3. The van der Waals surface area contributed by atoms with Gasteiger partial charge in [-0.1, -0.05) is 0 Å². The zero-order chi connectivity index (χ0) is 10.3. The molecule has 3 heterocycles. The second-order valence-electron chi connectivity index (χ2n) is 3.05. The highest BCUT2D eigenvalue weighted by Gasteiger charge is 2.07. The molecule has 0 aliphatic carbocycles. The van der Waals surface area contributed by atoms with Crippen molar-refractivity contribution in [1.29, 1.82) is 0 Å². The largest absolute Gasteiger partial charge is 0.305 e. The van der Waals surface area contributed by atoms with Gasteiger partial charge in [0, 0.05) is 24.0 Å². The highest BCUT2D eigenvalue weighted by molar-refractivity contribution is 9.10. The maximum atomic E-state index is 4.52. The summed E-state index contributed by atoms with van der Waals surface area (Å²) in [5.74, 6) is 0. The lowest BCUT2D eigenvalue weighted by molar-refractivity contribution is 1.18. The molecule has 0 radical (unpaired) electrons. The number of pyridine rings is 1. The molecule has 0 aliphatic rings. The van der Waals surface area contributed by atoms with Crippen molar-refractivity contribution in [3.8, 4) is 10.7 Å². The molecule has 3 aromatic rings. The van der Waals surface area contributed by atoms with Crippen LogP contribution in [0, 0.1) is 0 Å². The Morgan fingerprint density at radius 1 is 1.40 bits per heavy atom. The molecule has 0 aliphatic heterocycles. The summed E-state index contributed by atoms with van der Waals surface area (Å²) in [5.41, 5.74) is 1.83. The second-order valence-corrected chi connectivity index (χ2v) is 4.80. The molecule has 0 unspecified atom stereocenters. The summed E-state index contributed by atoms with van der Waals surface area (Å²) in [7, 11) is 0. The van der Waals surface area contributed by atoms with Gasteiger partial charge in [0.2, 0.25) is 0 Å². The Hall–Kier alpha value is -1.20. The molecule has 0 fully saturated rings. The van der Waals surface area contributed by atoms with Gasteiger partial charge in [-0.05, 0) is 28.1 Å². The Kier molecular flexibility index (Phi) is 2.07. The Morgan fingerprint density at radius 3 is 3.07 bits per heavy atom. The number of imidazole rings is 1. The summed E-state index contributed by atoms with van der Waals surface area (Å²) in [4.78, 5) is 8.76. The van der Waals surface area contributed by atoms with Gasteiger partial charge in [-0.25, -0.2) is 9.97 Å². The van der Waals surface area contributed by atoms with Crippen molar-refractivity contribution in [3.63, 3.8) is 0 Å². The Bertz CT molecular complexity index is 600. The summed E-state index contributed by atoms with van der Waals surface area (Å²) < 4.78 is 2.98. The van der Waals surface area contributed by atoms with E-state index in [0.717, 1.165) is 20.8 Å². The number of hydrogen-bond acceptors (Lipinski definition) is 3. The minimum Gasteiger partial charge on any atom is -0.305 e. The fourth-order valence-corrected chi connectivity index (χ4v) is 2.47. The first-order chi connectivity index (χ1) is 7.34. The van der Waals surface area contributed by atoms with Gasteiger partial charge >= 0.3 is 0 Å². The lowest BCUT2D eigenvalue weighted by atomic mass is 10.5. The first-order valence-electron chi connectivity index (χ1n) is 4.38. The summed E-state index contributed by atoms with van der Waals surface area (Å²) in [5, 5.41) is 2.90. The van der Waals surface area contributed by atoms with Crippen molar-refractivity contribution in [2.45, 2.75) is 0 Å². The van der Waals surface area contributed by atoms with Gasteiger partial charge in [-0.15, -0.1) is 11.3 Å². The van der Waals surface area contributed by atoms with Crippen molar-refractivity contribution in [1.82, 2.24) is 14.4 Å². The Balaban J connectivity index is 2.27. The molecule has 0 N–H and O–H groups in total. The minimum atomic E-state index is 0.914. The van der Waals surface area contributed by atoms with E-state index < -0.39 is 0 Å². The van der Waals surface area contributed by atoms with Gasteiger partial charge in [-0.3, -0.25) is 0 Å². The van der Waals surface area contributed by atoms with Crippen LogP contribution in [0.5, 0.6) is 0 Å². The summed E-state index contributed by atoms with van der Waals surface area (Å²) >= 11 is 5.07. The van der Waals surface area contributed by atoms with Crippen LogP contribution in [0.4, 0.5) is 0 Å². The molecule has 5 heteroatoms. The zero-order valence-corrected chi connectivity index (χ0v) is 9.99. The first-order valence-corrected chi connectivity index (χ1v) is 6.05. The molecule has 3 rings (SSSR count). The SMILES string of the molecule is Brc1cccn2cc(-c3nccs3)nc12. The standard InChI is InChI=1S/C10H6BrN3S/c11-7-2-1-4-14-6-8(13-9(7)14)10-12-3-5-15-10/h1-6H. The number of halogens is 1. The highest BCUT2D eigenvalue weighted by atomic mass is 79.9. The van der Waals surface area contributed by atoms with Crippen molar-refractivity contribution in [3.05, 3.63) is 40.6 Å². The van der Waals surface area contributed by atoms with Gasteiger partial charge in [0.25, 0.3) is 0 Å². The first kappa shape index (κ1) is 9.06. The van der Waals surface area contributed by atoms with Crippen LogP contribution in [-0.2, 0) is 0 Å². The van der Waals surface area contributed by atoms with Gasteiger partial charge in [0.15, 0.2) is 5.65 Å². The van der Waals surface area contributed by atoms with Crippen LogP contribution in [0.3, 0.4) is 0 Å². The Labute approximate surface area is 98.6 Å². The van der Waals surface area contributed by atoms with Crippen LogP contribution in [0.15, 0.2) is 40.6 Å². The predicted octanol–water partition coefficient (Wildman–Crippen LogP) is 3.22. The smallest absolute Gasteiger partial charge is 0.151 e. The average Bonchev–Trinajstić information content (AvgIpc) is 2.86. The summed E-state index contributed by atoms with van der Waals surface area (Å²) in [6, 6.07) is 3.96. The minimum absolute atomic E-state index is 0.914. The van der Waals surface area contributed by atoms with Crippen LogP contribution >= 0.6 is 27.3 Å². The van der Waals surface area contributed by atoms with Gasteiger partial charge in [0.05, 0.1) is 4.47 Å². The average molecular weight is 280 g/mol. The van der Waals surface area contributed by atoms with E-state index in [1.54, 1.807) is 17.5 Å². The summed E-state index contributed by atoms with van der Waals surface area (Å²) in [6.45, 7) is 0. The number of aromatic nitrogens is 3. The Morgan fingerprint density at radius 2 is 2.33 bits per heavy atom. The lowest BCUT2D eigenvalue weighted by Gasteiger charge is -1.92. The third-order valence-corrected chi connectivity index (χ3v) is 3.50. The van der Waals surface area contributed by atoms with Crippen LogP contribution in [0.2, 0.25) is 0 Å². The van der Waals surface area contributed by atoms with E-state index in [0.29, 0.717) is 0 Å². The van der Waals surface area contributed by atoms with Crippen molar-refractivity contribution in [2.75, 3.05) is 0 Å². The van der Waals surface area contributed by atoms with E-state index >= 15 is 0 Å². The fourth-order valence-electron chi connectivity index (χ4n) is 1.43. The maximum absolute atomic E-state index is 4.52. The lowest BCUT2D eigenvalue weighted by Crippen LogP contribution is -1.80. The molecule has 0 saturated heterocycles. The van der Waals surface area contributed by atoms with Crippen molar-refractivity contribution in [2.24, 2.45) is 0 Å². The van der Waals surface area contributed by atoms with E-state index in [2.05, 4.69) is 25.9 Å². The number of hydrogen-bond donors (Lipinski definition) is 0. The molecule has 3 nitrogen and oxygen atoms in total. The van der Waals surface area contributed by atoms with E-state index in [9.17, 15) is 0 Å².